The molecule has 6 rings (SSSR count). The first-order chi connectivity index (χ1) is 17.9. The van der Waals surface area contributed by atoms with Gasteiger partial charge in [0.15, 0.2) is 11.3 Å². The van der Waals surface area contributed by atoms with Crippen LogP contribution in [0.2, 0.25) is 0 Å². The molecular formula is C26H28F3N7O. The van der Waals surface area contributed by atoms with E-state index in [4.69, 9.17) is 9.72 Å². The number of hydrogen-bond donors (Lipinski definition) is 1. The Morgan fingerprint density at radius 1 is 0.946 bits per heavy atom. The third-order valence-electron chi connectivity index (χ3n) is 7.28. The van der Waals surface area contributed by atoms with Crippen molar-refractivity contribution in [3.8, 4) is 11.4 Å². The highest BCUT2D eigenvalue weighted by Gasteiger charge is 2.38. The second-order valence-electron chi connectivity index (χ2n) is 9.75. The number of ether oxygens (including phenoxy) is 1. The van der Waals surface area contributed by atoms with Crippen molar-refractivity contribution < 1.29 is 17.9 Å². The molecule has 1 saturated carbocycles. The van der Waals surface area contributed by atoms with Crippen molar-refractivity contribution in [3.05, 3.63) is 42.1 Å². The highest BCUT2D eigenvalue weighted by atomic mass is 19.4. The Morgan fingerprint density at radius 3 is 2.32 bits per heavy atom. The lowest BCUT2D eigenvalue weighted by atomic mass is 9.93. The predicted molar refractivity (Wildman–Crippen MR) is 135 cm³/mol. The number of halogens is 3. The highest BCUT2D eigenvalue weighted by molar-refractivity contribution is 5.79. The quantitative estimate of drug-likeness (QED) is 0.388. The van der Waals surface area contributed by atoms with Crippen molar-refractivity contribution in [1.82, 2.24) is 24.6 Å². The van der Waals surface area contributed by atoms with E-state index >= 15 is 0 Å². The van der Waals surface area contributed by atoms with E-state index in [1.54, 1.807) is 35.9 Å². The van der Waals surface area contributed by atoms with Crippen molar-refractivity contribution in [2.24, 2.45) is 0 Å². The van der Waals surface area contributed by atoms with Crippen molar-refractivity contribution in [1.29, 1.82) is 0 Å². The van der Waals surface area contributed by atoms with Gasteiger partial charge in [-0.25, -0.2) is 15.0 Å². The fourth-order valence-corrected chi connectivity index (χ4v) is 5.32. The molecule has 8 nitrogen and oxygen atoms in total. The summed E-state index contributed by atoms with van der Waals surface area (Å²) in [5.74, 6) is 1.51. The zero-order valence-corrected chi connectivity index (χ0v) is 20.5. The summed E-state index contributed by atoms with van der Waals surface area (Å²) < 4.78 is 49.3. The number of aromatic nitrogens is 5. The van der Waals surface area contributed by atoms with Crippen molar-refractivity contribution in [2.45, 2.75) is 56.8 Å². The maximum absolute atomic E-state index is 14.1. The van der Waals surface area contributed by atoms with Crippen LogP contribution in [0.5, 0.6) is 0 Å². The number of anilines is 2. The van der Waals surface area contributed by atoms with E-state index in [0.717, 1.165) is 57.4 Å². The van der Waals surface area contributed by atoms with Crippen LogP contribution in [0.4, 0.5) is 24.8 Å². The summed E-state index contributed by atoms with van der Waals surface area (Å²) in [7, 11) is 1.74. The Morgan fingerprint density at radius 2 is 1.65 bits per heavy atom. The first-order valence-electron chi connectivity index (χ1n) is 12.7. The molecule has 3 aromatic heterocycles. The molecule has 1 aliphatic heterocycles. The minimum absolute atomic E-state index is 0.0859. The smallest absolute Gasteiger partial charge is 0.381 e. The molecule has 0 atom stereocenters. The van der Waals surface area contributed by atoms with Crippen molar-refractivity contribution >= 4 is 28.3 Å². The van der Waals surface area contributed by atoms with Gasteiger partial charge in [0.25, 0.3) is 0 Å². The van der Waals surface area contributed by atoms with E-state index < -0.39 is 11.9 Å². The van der Waals surface area contributed by atoms with Gasteiger partial charge in [0, 0.05) is 38.4 Å². The second-order valence-corrected chi connectivity index (χ2v) is 9.75. The van der Waals surface area contributed by atoms with Crippen LogP contribution in [0.15, 0.2) is 36.4 Å². The molecule has 0 radical (unpaired) electrons. The lowest BCUT2D eigenvalue weighted by molar-refractivity contribution is -0.140. The van der Waals surface area contributed by atoms with E-state index in [-0.39, 0.29) is 29.1 Å². The molecule has 2 fully saturated rings. The van der Waals surface area contributed by atoms with Gasteiger partial charge in [0.2, 0.25) is 0 Å². The van der Waals surface area contributed by atoms with Crippen molar-refractivity contribution in [2.75, 3.05) is 30.4 Å². The zero-order chi connectivity index (χ0) is 25.6. The van der Waals surface area contributed by atoms with Gasteiger partial charge in [-0.3, -0.25) is 0 Å². The Kier molecular flexibility index (Phi) is 6.10. The zero-order valence-electron chi connectivity index (χ0n) is 20.5. The number of hydrogen-bond acceptors (Lipinski definition) is 7. The Balaban J connectivity index is 1.46. The third kappa shape index (κ3) is 4.68. The number of methoxy groups -OCH3 is 1. The predicted octanol–water partition coefficient (Wildman–Crippen LogP) is 5.33. The molecule has 194 valence electrons. The monoisotopic (exact) mass is 511 g/mol. The summed E-state index contributed by atoms with van der Waals surface area (Å²) in [5.41, 5.74) is -0.238. The number of nitrogens with one attached hydrogen (secondary N) is 1. The minimum Gasteiger partial charge on any atom is -0.381 e. The van der Waals surface area contributed by atoms with Crippen LogP contribution in [0.3, 0.4) is 0 Å². The Bertz CT molecular complexity index is 1420. The molecule has 1 N–H and O–H groups in total. The summed E-state index contributed by atoms with van der Waals surface area (Å²) in [6.07, 6.45) is 1.52. The molecular weight excluding hydrogens is 483 g/mol. The topological polar surface area (TPSA) is 80.5 Å². The highest BCUT2D eigenvalue weighted by Crippen LogP contribution is 2.36. The second kappa shape index (κ2) is 9.44. The van der Waals surface area contributed by atoms with E-state index in [0.29, 0.717) is 17.0 Å². The summed E-state index contributed by atoms with van der Waals surface area (Å²) in [6.45, 7) is 1.80. The van der Waals surface area contributed by atoms with Crippen LogP contribution in [0.1, 0.15) is 44.2 Å². The van der Waals surface area contributed by atoms with Crippen LogP contribution in [-0.2, 0) is 10.9 Å². The van der Waals surface area contributed by atoms with Gasteiger partial charge in [-0.05, 0) is 50.7 Å². The summed E-state index contributed by atoms with van der Waals surface area (Å²) >= 11 is 0. The number of alkyl halides is 3. The van der Waals surface area contributed by atoms with Gasteiger partial charge in [-0.1, -0.05) is 12.1 Å². The number of fused-ring (bicyclic) bond motifs is 2. The third-order valence-corrected chi connectivity index (χ3v) is 7.28. The molecule has 4 heterocycles. The molecule has 37 heavy (non-hydrogen) atoms. The van der Waals surface area contributed by atoms with Gasteiger partial charge in [0.05, 0.1) is 17.1 Å². The molecule has 1 aromatic carbocycles. The fourth-order valence-electron chi connectivity index (χ4n) is 5.32. The van der Waals surface area contributed by atoms with Crippen LogP contribution >= 0.6 is 0 Å². The maximum atomic E-state index is 14.1. The van der Waals surface area contributed by atoms with Crippen LogP contribution in [-0.4, -0.2) is 56.9 Å². The minimum atomic E-state index is -4.68. The first kappa shape index (κ1) is 23.9. The summed E-state index contributed by atoms with van der Waals surface area (Å²) in [6, 6.07) is 10.3. The lowest BCUT2D eigenvalue weighted by Crippen LogP contribution is -2.30. The largest absolute Gasteiger partial charge is 0.435 e. The van der Waals surface area contributed by atoms with Crippen LogP contribution < -0.4 is 10.2 Å². The number of para-hydroxylation sites is 2. The standard InChI is InChI=1S/C26H28F3N7O/c1-37-17-10-8-16(9-11-17)30-23-15-21(35-12-4-5-13-35)33-22-14-20(34-36(22)23)24-25(26(27,28)29)32-19-7-3-2-6-18(19)31-24/h2-3,6-7,14-17,30H,4-5,8-13H2,1H3. The molecule has 1 saturated heterocycles. The molecule has 0 amide bonds. The van der Waals surface area contributed by atoms with Gasteiger partial charge < -0.3 is 15.0 Å². The molecule has 2 aliphatic rings. The maximum Gasteiger partial charge on any atom is 0.435 e. The van der Waals surface area contributed by atoms with Gasteiger partial charge in [-0.15, -0.1) is 0 Å². The van der Waals surface area contributed by atoms with Crippen LogP contribution in [0, 0.1) is 0 Å². The van der Waals surface area contributed by atoms with E-state index in [1.165, 1.54) is 6.07 Å². The molecule has 0 spiro atoms. The lowest BCUT2D eigenvalue weighted by Gasteiger charge is -2.29. The average molecular weight is 512 g/mol. The summed E-state index contributed by atoms with van der Waals surface area (Å²) in [4.78, 5) is 15.2. The van der Waals surface area contributed by atoms with E-state index in [9.17, 15) is 13.2 Å². The molecule has 0 unspecified atom stereocenters. The van der Waals surface area contributed by atoms with Gasteiger partial charge in [-0.2, -0.15) is 22.8 Å². The molecule has 0 bridgehead atoms. The molecule has 1 aliphatic carbocycles. The van der Waals surface area contributed by atoms with E-state index in [2.05, 4.69) is 25.3 Å². The fraction of sp³-hybridized carbons (Fsp3) is 0.462. The number of nitrogens with zero attached hydrogens (tertiary/aromatic N) is 6. The van der Waals surface area contributed by atoms with E-state index in [1.807, 2.05) is 6.07 Å². The average Bonchev–Trinajstić information content (AvgIpc) is 3.58. The Labute approximate surface area is 211 Å². The molecule has 4 aromatic rings. The molecule has 11 heteroatoms. The van der Waals surface area contributed by atoms with Crippen molar-refractivity contribution in [3.63, 3.8) is 0 Å². The van der Waals surface area contributed by atoms with Gasteiger partial charge >= 0.3 is 6.18 Å². The number of rotatable bonds is 5. The van der Waals surface area contributed by atoms with Gasteiger partial charge in [0.1, 0.15) is 23.0 Å². The normalized spacial score (nSPS) is 20.7. The Hall–Kier alpha value is -3.47. The summed E-state index contributed by atoms with van der Waals surface area (Å²) in [5, 5.41) is 8.17. The number of benzene rings is 1. The van der Waals surface area contributed by atoms with Crippen LogP contribution in [0.25, 0.3) is 28.1 Å². The SMILES string of the molecule is COC1CCC(Nc2cc(N3CCCC3)nc3cc(-c4nc5ccccc5nc4C(F)(F)F)nn23)CC1. The first-order valence-corrected chi connectivity index (χ1v) is 12.7.